The topological polar surface area (TPSA) is 97.1 Å². The molecule has 1 aromatic heterocycles. The Balaban J connectivity index is 1.89. The molecular formula is C18H24N4O3. The molecule has 0 atom stereocenters. The van der Waals surface area contributed by atoms with Crippen molar-refractivity contribution in [1.82, 2.24) is 15.5 Å². The van der Waals surface area contributed by atoms with Gasteiger partial charge < -0.3 is 15.2 Å². The second-order valence-corrected chi connectivity index (χ2v) is 6.16. The highest BCUT2D eigenvalue weighted by Gasteiger charge is 2.13. The van der Waals surface area contributed by atoms with Crippen molar-refractivity contribution < 1.29 is 14.1 Å². The molecular weight excluding hydrogens is 320 g/mol. The minimum Gasteiger partial charge on any atom is -0.355 e. The summed E-state index contributed by atoms with van der Waals surface area (Å²) in [5, 5.41) is 9.35. The number of aromatic nitrogens is 2. The second kappa shape index (κ2) is 8.41. The van der Waals surface area contributed by atoms with Crippen LogP contribution in [0.15, 0.2) is 22.7 Å². The molecule has 2 amide bonds. The molecule has 0 aliphatic heterocycles. The molecule has 1 aromatic carbocycles. The number of carbonyl (C=O) groups is 2. The monoisotopic (exact) mass is 344 g/mol. The van der Waals surface area contributed by atoms with Crippen LogP contribution < -0.4 is 10.6 Å². The molecule has 0 spiro atoms. The van der Waals surface area contributed by atoms with Crippen molar-refractivity contribution >= 4 is 17.5 Å². The number of nitrogens with zero attached hydrogens (tertiary/aromatic N) is 2. The third-order valence-electron chi connectivity index (χ3n) is 3.87. The Kier molecular flexibility index (Phi) is 6.27. The van der Waals surface area contributed by atoms with Gasteiger partial charge in [-0.15, -0.1) is 0 Å². The van der Waals surface area contributed by atoms with E-state index in [9.17, 15) is 9.59 Å². The van der Waals surface area contributed by atoms with Crippen LogP contribution in [0.3, 0.4) is 0 Å². The lowest BCUT2D eigenvalue weighted by Crippen LogP contribution is -2.20. The molecule has 2 aromatic rings. The van der Waals surface area contributed by atoms with Gasteiger partial charge in [-0.25, -0.2) is 0 Å². The van der Waals surface area contributed by atoms with Gasteiger partial charge in [0.25, 0.3) is 5.91 Å². The van der Waals surface area contributed by atoms with Crippen molar-refractivity contribution in [3.05, 3.63) is 41.0 Å². The lowest BCUT2D eigenvalue weighted by molar-refractivity contribution is -0.116. The SMILES string of the molecule is CNC(=O)c1cccc(NC(=O)CCCc2nc(C(C)C)no2)c1C. The second-order valence-electron chi connectivity index (χ2n) is 6.16. The van der Waals surface area contributed by atoms with Gasteiger partial charge in [-0.1, -0.05) is 25.1 Å². The number of carbonyl (C=O) groups excluding carboxylic acids is 2. The Bertz CT molecular complexity index is 753. The standard InChI is InChI=1S/C18H24N4O3/c1-11(2)17-21-16(25-22-17)10-6-9-15(23)20-14-8-5-7-13(12(14)3)18(24)19-4/h5,7-8,11H,6,9-10H2,1-4H3,(H,19,24)(H,20,23). The van der Waals surface area contributed by atoms with E-state index >= 15 is 0 Å². The van der Waals surface area contributed by atoms with Gasteiger partial charge in [0.15, 0.2) is 5.82 Å². The first kappa shape index (κ1) is 18.6. The minimum atomic E-state index is -0.175. The number of anilines is 1. The fraction of sp³-hybridized carbons (Fsp3) is 0.444. The van der Waals surface area contributed by atoms with E-state index in [-0.39, 0.29) is 17.7 Å². The summed E-state index contributed by atoms with van der Waals surface area (Å²) in [6.45, 7) is 5.81. The zero-order valence-electron chi connectivity index (χ0n) is 15.0. The van der Waals surface area contributed by atoms with Gasteiger partial charge in [0, 0.05) is 37.1 Å². The summed E-state index contributed by atoms with van der Waals surface area (Å²) in [6, 6.07) is 5.26. The van der Waals surface area contributed by atoms with Crippen molar-refractivity contribution in [2.45, 2.75) is 46.0 Å². The highest BCUT2D eigenvalue weighted by Crippen LogP contribution is 2.19. The first-order chi connectivity index (χ1) is 11.9. The smallest absolute Gasteiger partial charge is 0.251 e. The Morgan fingerprint density at radius 3 is 2.68 bits per heavy atom. The van der Waals surface area contributed by atoms with Gasteiger partial charge in [0.2, 0.25) is 11.8 Å². The predicted octanol–water partition coefficient (Wildman–Crippen LogP) is 2.82. The molecule has 0 saturated carbocycles. The van der Waals surface area contributed by atoms with Crippen LogP contribution in [0.5, 0.6) is 0 Å². The summed E-state index contributed by atoms with van der Waals surface area (Å²) in [7, 11) is 1.58. The summed E-state index contributed by atoms with van der Waals surface area (Å²) in [5.41, 5.74) is 1.94. The highest BCUT2D eigenvalue weighted by atomic mass is 16.5. The number of hydrogen-bond donors (Lipinski definition) is 2. The van der Waals surface area contributed by atoms with Crippen molar-refractivity contribution in [2.24, 2.45) is 0 Å². The number of nitrogens with one attached hydrogen (secondary N) is 2. The molecule has 2 rings (SSSR count). The highest BCUT2D eigenvalue weighted by molar-refractivity contribution is 5.99. The third kappa shape index (κ3) is 4.89. The van der Waals surface area contributed by atoms with Crippen LogP contribution >= 0.6 is 0 Å². The van der Waals surface area contributed by atoms with E-state index in [2.05, 4.69) is 20.8 Å². The molecule has 7 nitrogen and oxygen atoms in total. The van der Waals surface area contributed by atoms with Gasteiger partial charge in [0.05, 0.1) is 0 Å². The summed E-state index contributed by atoms with van der Waals surface area (Å²) in [6.07, 6.45) is 1.51. The van der Waals surface area contributed by atoms with E-state index in [1.165, 1.54) is 0 Å². The van der Waals surface area contributed by atoms with E-state index < -0.39 is 0 Å². The molecule has 0 fully saturated rings. The minimum absolute atomic E-state index is 0.110. The molecule has 2 N–H and O–H groups in total. The van der Waals surface area contributed by atoms with Gasteiger partial charge >= 0.3 is 0 Å². The molecule has 0 bridgehead atoms. The molecule has 134 valence electrons. The molecule has 25 heavy (non-hydrogen) atoms. The molecule has 1 heterocycles. The number of benzene rings is 1. The van der Waals surface area contributed by atoms with E-state index in [1.807, 2.05) is 20.8 Å². The van der Waals surface area contributed by atoms with Crippen LogP contribution in [-0.2, 0) is 11.2 Å². The molecule has 0 unspecified atom stereocenters. The van der Waals surface area contributed by atoms with Crippen molar-refractivity contribution in [3.8, 4) is 0 Å². The Labute approximate surface area is 147 Å². The zero-order valence-corrected chi connectivity index (χ0v) is 15.0. The lowest BCUT2D eigenvalue weighted by Gasteiger charge is -2.11. The summed E-state index contributed by atoms with van der Waals surface area (Å²) in [4.78, 5) is 28.2. The number of rotatable bonds is 7. The average Bonchev–Trinajstić information content (AvgIpc) is 3.05. The summed E-state index contributed by atoms with van der Waals surface area (Å²) >= 11 is 0. The number of amides is 2. The quantitative estimate of drug-likeness (QED) is 0.805. The normalized spacial score (nSPS) is 10.8. The molecule has 0 aliphatic carbocycles. The van der Waals surface area contributed by atoms with Crippen molar-refractivity contribution in [3.63, 3.8) is 0 Å². The third-order valence-corrected chi connectivity index (χ3v) is 3.87. The fourth-order valence-electron chi connectivity index (χ4n) is 2.37. The Morgan fingerprint density at radius 1 is 1.28 bits per heavy atom. The summed E-state index contributed by atoms with van der Waals surface area (Å²) < 4.78 is 5.16. The first-order valence-corrected chi connectivity index (χ1v) is 8.36. The van der Waals surface area contributed by atoms with Gasteiger partial charge in [-0.3, -0.25) is 9.59 Å². The number of aryl methyl sites for hydroxylation is 1. The predicted molar refractivity (Wildman–Crippen MR) is 94.5 cm³/mol. The molecule has 0 aliphatic rings. The molecule has 0 saturated heterocycles. The van der Waals surface area contributed by atoms with E-state index in [4.69, 9.17) is 4.52 Å². The van der Waals surface area contributed by atoms with Crippen LogP contribution in [0.2, 0.25) is 0 Å². The average molecular weight is 344 g/mol. The van der Waals surface area contributed by atoms with E-state index in [0.717, 1.165) is 5.56 Å². The Hall–Kier alpha value is -2.70. The zero-order chi connectivity index (χ0) is 18.4. The van der Waals surface area contributed by atoms with Gasteiger partial charge in [0.1, 0.15) is 0 Å². The molecule has 0 radical (unpaired) electrons. The first-order valence-electron chi connectivity index (χ1n) is 8.36. The maximum atomic E-state index is 12.1. The van der Waals surface area contributed by atoms with Crippen molar-refractivity contribution in [2.75, 3.05) is 12.4 Å². The summed E-state index contributed by atoms with van der Waals surface area (Å²) in [5.74, 6) is 1.17. The van der Waals surface area contributed by atoms with Gasteiger partial charge in [-0.2, -0.15) is 4.98 Å². The van der Waals surface area contributed by atoms with Crippen LogP contribution in [0.1, 0.15) is 60.2 Å². The largest absolute Gasteiger partial charge is 0.355 e. The van der Waals surface area contributed by atoms with Crippen molar-refractivity contribution in [1.29, 1.82) is 0 Å². The van der Waals surface area contributed by atoms with Crippen LogP contribution in [0.25, 0.3) is 0 Å². The van der Waals surface area contributed by atoms with E-state index in [1.54, 1.807) is 25.2 Å². The van der Waals surface area contributed by atoms with Crippen LogP contribution in [0, 0.1) is 6.92 Å². The lowest BCUT2D eigenvalue weighted by atomic mass is 10.1. The number of hydrogen-bond acceptors (Lipinski definition) is 5. The van der Waals surface area contributed by atoms with Gasteiger partial charge in [-0.05, 0) is 31.0 Å². The molecule has 7 heteroatoms. The Morgan fingerprint density at radius 2 is 2.04 bits per heavy atom. The van der Waals surface area contributed by atoms with Crippen LogP contribution in [0.4, 0.5) is 5.69 Å². The van der Waals surface area contributed by atoms with Crippen LogP contribution in [-0.4, -0.2) is 29.0 Å². The van der Waals surface area contributed by atoms with E-state index in [0.29, 0.717) is 42.2 Å². The maximum Gasteiger partial charge on any atom is 0.251 e. The maximum absolute atomic E-state index is 12.1. The fourth-order valence-corrected chi connectivity index (χ4v) is 2.37.